The number of hydrogen-bond acceptors (Lipinski definition) is 6. The van der Waals surface area contributed by atoms with E-state index < -0.39 is 22.9 Å². The van der Waals surface area contributed by atoms with E-state index in [0.29, 0.717) is 16.1 Å². The first kappa shape index (κ1) is 20.5. The van der Waals surface area contributed by atoms with Crippen molar-refractivity contribution in [2.24, 2.45) is 0 Å². The number of halogens is 2. The van der Waals surface area contributed by atoms with Crippen molar-refractivity contribution in [1.82, 2.24) is 4.98 Å². The number of nitrogens with one attached hydrogen (secondary N) is 1. The van der Waals surface area contributed by atoms with Crippen LogP contribution in [0.5, 0.6) is 0 Å². The van der Waals surface area contributed by atoms with Crippen LogP contribution in [0.15, 0.2) is 48.5 Å². The van der Waals surface area contributed by atoms with Gasteiger partial charge in [-0.2, -0.15) is 0 Å². The molecule has 8 nitrogen and oxygen atoms in total. The minimum absolute atomic E-state index is 0.0439. The van der Waals surface area contributed by atoms with E-state index in [4.69, 9.17) is 27.9 Å². The van der Waals surface area contributed by atoms with Crippen molar-refractivity contribution >= 4 is 57.4 Å². The Balaban J connectivity index is 1.71. The second-order valence-electron chi connectivity index (χ2n) is 6.00. The van der Waals surface area contributed by atoms with Gasteiger partial charge in [0.1, 0.15) is 5.15 Å². The van der Waals surface area contributed by atoms with E-state index in [9.17, 15) is 19.7 Å². The third-order valence-electron chi connectivity index (χ3n) is 3.96. The fourth-order valence-electron chi connectivity index (χ4n) is 2.47. The molecular weight excluding hydrogens is 421 g/mol. The second kappa shape index (κ2) is 8.42. The van der Waals surface area contributed by atoms with Crippen LogP contribution < -0.4 is 5.32 Å². The average molecular weight is 434 g/mol. The molecule has 0 radical (unpaired) electrons. The molecule has 0 spiro atoms. The molecule has 0 aliphatic heterocycles. The van der Waals surface area contributed by atoms with Crippen molar-refractivity contribution in [2.45, 2.75) is 13.0 Å². The SMILES string of the molecule is CC(OC(=O)c1ccc2nc(Cl)ccc2c1)C(=O)Nc1cc([N+](=O)[O-])ccc1Cl. The number of nitro groups is 1. The van der Waals surface area contributed by atoms with Gasteiger partial charge < -0.3 is 10.1 Å². The Morgan fingerprint density at radius 2 is 1.90 bits per heavy atom. The monoisotopic (exact) mass is 433 g/mol. The van der Waals surface area contributed by atoms with Gasteiger partial charge in [0.25, 0.3) is 11.6 Å². The van der Waals surface area contributed by atoms with Crippen molar-refractivity contribution in [2.75, 3.05) is 5.32 Å². The highest BCUT2D eigenvalue weighted by molar-refractivity contribution is 6.33. The summed E-state index contributed by atoms with van der Waals surface area (Å²) in [4.78, 5) is 39.1. The number of aromatic nitrogens is 1. The zero-order chi connectivity index (χ0) is 21.1. The minimum atomic E-state index is -1.17. The summed E-state index contributed by atoms with van der Waals surface area (Å²) >= 11 is 11.8. The summed E-state index contributed by atoms with van der Waals surface area (Å²) < 4.78 is 5.19. The molecule has 2 aromatic carbocycles. The van der Waals surface area contributed by atoms with Gasteiger partial charge in [-0.15, -0.1) is 0 Å². The minimum Gasteiger partial charge on any atom is -0.449 e. The number of hydrogen-bond donors (Lipinski definition) is 1. The zero-order valence-electron chi connectivity index (χ0n) is 14.9. The number of ether oxygens (including phenoxy) is 1. The van der Waals surface area contributed by atoms with E-state index >= 15 is 0 Å². The van der Waals surface area contributed by atoms with Crippen LogP contribution in [-0.2, 0) is 9.53 Å². The lowest BCUT2D eigenvalue weighted by atomic mass is 10.1. The molecule has 1 amide bonds. The molecule has 0 aliphatic carbocycles. The lowest BCUT2D eigenvalue weighted by Gasteiger charge is -2.14. The second-order valence-corrected chi connectivity index (χ2v) is 6.79. The summed E-state index contributed by atoms with van der Waals surface area (Å²) in [5.41, 5.74) is 0.649. The molecule has 0 bridgehead atoms. The molecule has 1 unspecified atom stereocenters. The third kappa shape index (κ3) is 4.79. The number of nitrogens with zero attached hydrogens (tertiary/aromatic N) is 2. The number of nitro benzene ring substituents is 1. The predicted octanol–water partition coefficient (Wildman–Crippen LogP) is 4.63. The fraction of sp³-hybridized carbons (Fsp3) is 0.105. The molecule has 1 N–H and O–H groups in total. The maximum atomic E-state index is 12.4. The normalized spacial score (nSPS) is 11.7. The van der Waals surface area contributed by atoms with Crippen molar-refractivity contribution in [1.29, 1.82) is 0 Å². The lowest BCUT2D eigenvalue weighted by molar-refractivity contribution is -0.384. The summed E-state index contributed by atoms with van der Waals surface area (Å²) in [7, 11) is 0. The van der Waals surface area contributed by atoms with Crippen LogP contribution in [0.4, 0.5) is 11.4 Å². The number of amides is 1. The molecule has 0 saturated carbocycles. The molecule has 1 heterocycles. The number of carbonyl (C=O) groups is 2. The van der Waals surface area contributed by atoms with Crippen LogP contribution in [0.3, 0.4) is 0 Å². The van der Waals surface area contributed by atoms with Crippen LogP contribution in [0, 0.1) is 10.1 Å². The number of benzene rings is 2. The third-order valence-corrected chi connectivity index (χ3v) is 4.50. The van der Waals surface area contributed by atoms with E-state index in [1.807, 2.05) is 0 Å². The Kier molecular flexibility index (Phi) is 5.95. The number of rotatable bonds is 5. The van der Waals surface area contributed by atoms with E-state index in [2.05, 4.69) is 10.3 Å². The Morgan fingerprint density at radius 3 is 2.62 bits per heavy atom. The zero-order valence-corrected chi connectivity index (χ0v) is 16.4. The summed E-state index contributed by atoms with van der Waals surface area (Å²) in [6, 6.07) is 11.6. The van der Waals surface area contributed by atoms with Gasteiger partial charge in [0.2, 0.25) is 0 Å². The predicted molar refractivity (Wildman–Crippen MR) is 108 cm³/mol. The highest BCUT2D eigenvalue weighted by Crippen LogP contribution is 2.27. The molecule has 0 aliphatic rings. The number of pyridine rings is 1. The molecule has 1 aromatic heterocycles. The quantitative estimate of drug-likeness (QED) is 0.271. The number of non-ortho nitro benzene ring substituents is 1. The number of fused-ring (bicyclic) bond motifs is 1. The van der Waals surface area contributed by atoms with Crippen molar-refractivity contribution < 1.29 is 19.2 Å². The molecule has 29 heavy (non-hydrogen) atoms. The number of anilines is 1. The summed E-state index contributed by atoms with van der Waals surface area (Å²) in [6.45, 7) is 1.38. The van der Waals surface area contributed by atoms with E-state index in [-0.39, 0.29) is 22.0 Å². The van der Waals surface area contributed by atoms with Gasteiger partial charge in [-0.3, -0.25) is 14.9 Å². The highest BCUT2D eigenvalue weighted by atomic mass is 35.5. The van der Waals surface area contributed by atoms with Gasteiger partial charge in [-0.05, 0) is 43.3 Å². The van der Waals surface area contributed by atoms with Gasteiger partial charge in [-0.25, -0.2) is 9.78 Å². The highest BCUT2D eigenvalue weighted by Gasteiger charge is 2.21. The summed E-state index contributed by atoms with van der Waals surface area (Å²) in [5.74, 6) is -1.40. The molecule has 1 atom stereocenters. The van der Waals surface area contributed by atoms with E-state index in [1.165, 1.54) is 25.1 Å². The fourth-order valence-corrected chi connectivity index (χ4v) is 2.79. The Bertz CT molecular complexity index is 1140. The first-order chi connectivity index (χ1) is 13.7. The van der Waals surface area contributed by atoms with E-state index in [0.717, 1.165) is 6.07 Å². The van der Waals surface area contributed by atoms with Crippen LogP contribution in [-0.4, -0.2) is 27.9 Å². The maximum absolute atomic E-state index is 12.4. The van der Waals surface area contributed by atoms with Gasteiger partial charge in [0.05, 0.1) is 26.7 Å². The molecule has 10 heteroatoms. The topological polar surface area (TPSA) is 111 Å². The van der Waals surface area contributed by atoms with Crippen molar-refractivity contribution in [3.63, 3.8) is 0 Å². The van der Waals surface area contributed by atoms with Crippen molar-refractivity contribution in [3.05, 3.63) is 74.4 Å². The molecule has 0 saturated heterocycles. The molecule has 3 aromatic rings. The van der Waals surface area contributed by atoms with Crippen LogP contribution >= 0.6 is 23.2 Å². The summed E-state index contributed by atoms with van der Waals surface area (Å²) in [5, 5.41) is 14.4. The maximum Gasteiger partial charge on any atom is 0.338 e. The van der Waals surface area contributed by atoms with Crippen LogP contribution in [0.1, 0.15) is 17.3 Å². The van der Waals surface area contributed by atoms with Crippen LogP contribution in [0.25, 0.3) is 10.9 Å². The summed E-state index contributed by atoms with van der Waals surface area (Å²) in [6.07, 6.45) is -1.17. The van der Waals surface area contributed by atoms with Crippen molar-refractivity contribution in [3.8, 4) is 0 Å². The van der Waals surface area contributed by atoms with Crippen LogP contribution in [0.2, 0.25) is 10.2 Å². The number of esters is 1. The first-order valence-electron chi connectivity index (χ1n) is 8.26. The molecule has 0 fully saturated rings. The van der Waals surface area contributed by atoms with Gasteiger partial charge in [-0.1, -0.05) is 23.2 Å². The lowest BCUT2D eigenvalue weighted by Crippen LogP contribution is -2.30. The Hall–Kier alpha value is -3.23. The standard InChI is InChI=1S/C19H13Cl2N3O5/c1-10(18(25)23-16-9-13(24(27)28)4-5-14(16)20)29-19(26)12-2-6-15-11(8-12)3-7-17(21)22-15/h2-10H,1H3,(H,23,25). The first-order valence-corrected chi connectivity index (χ1v) is 9.02. The van der Waals surface area contributed by atoms with Gasteiger partial charge >= 0.3 is 5.97 Å². The van der Waals surface area contributed by atoms with E-state index in [1.54, 1.807) is 24.3 Å². The smallest absolute Gasteiger partial charge is 0.338 e. The van der Waals surface area contributed by atoms with Gasteiger partial charge in [0, 0.05) is 17.5 Å². The molecular formula is C19H13Cl2N3O5. The average Bonchev–Trinajstić information content (AvgIpc) is 2.68. The molecule has 148 valence electrons. The van der Waals surface area contributed by atoms with Gasteiger partial charge in [0.15, 0.2) is 6.10 Å². The Labute approximate surface area is 174 Å². The Morgan fingerprint density at radius 1 is 1.14 bits per heavy atom. The largest absolute Gasteiger partial charge is 0.449 e. The molecule has 3 rings (SSSR count). The number of carbonyl (C=O) groups excluding carboxylic acids is 2.